The average molecular weight is 242 g/mol. The Morgan fingerprint density at radius 3 is 2.62 bits per heavy atom. The maximum Gasteiger partial charge on any atom is 0.170 e. The van der Waals surface area contributed by atoms with Crippen molar-refractivity contribution in [2.24, 2.45) is 0 Å². The normalized spacial score (nSPS) is 14.6. The first-order valence-corrected chi connectivity index (χ1v) is 4.45. The van der Waals surface area contributed by atoms with E-state index >= 15 is 0 Å². The highest BCUT2D eigenvalue weighted by Crippen LogP contribution is 2.20. The molecule has 0 fully saturated rings. The van der Waals surface area contributed by atoms with Crippen molar-refractivity contribution < 1.29 is 10.2 Å². The Kier molecular flexibility index (Phi) is 3.43. The molecule has 0 saturated carbocycles. The Balaban J connectivity index is 2.90. The second-order valence-electron chi connectivity index (χ2n) is 2.57. The highest BCUT2D eigenvalue weighted by molar-refractivity contribution is 9.10. The Bertz CT molecular complexity index is 335. The van der Waals surface area contributed by atoms with E-state index in [1.54, 1.807) is 30.3 Å². The van der Waals surface area contributed by atoms with Crippen LogP contribution in [0.25, 0.3) is 0 Å². The number of halogens is 1. The van der Waals surface area contributed by atoms with Gasteiger partial charge < -0.3 is 10.2 Å². The molecule has 4 heteroatoms. The van der Waals surface area contributed by atoms with Gasteiger partial charge >= 0.3 is 0 Å². The lowest BCUT2D eigenvalue weighted by atomic mass is 10.1. The first-order chi connectivity index (χ1) is 6.15. The molecule has 0 aliphatic heterocycles. The van der Waals surface area contributed by atoms with Crippen LogP contribution in [0.15, 0.2) is 28.7 Å². The molecule has 0 radical (unpaired) electrons. The molecule has 1 aromatic carbocycles. The molecule has 1 rings (SSSR count). The molecule has 13 heavy (non-hydrogen) atoms. The lowest BCUT2D eigenvalue weighted by Gasteiger charge is -2.11. The first-order valence-electron chi connectivity index (χ1n) is 3.66. The molecular formula is C9H8BrNO2. The molecule has 0 aliphatic rings. The standard InChI is InChI=1S/C9H8BrNO2/c10-7-3-1-2-6(4-7)9(13)8(12)5-11/h1-4,8-9,12-13H. The summed E-state index contributed by atoms with van der Waals surface area (Å²) in [6, 6.07) is 8.41. The van der Waals surface area contributed by atoms with Gasteiger partial charge in [-0.15, -0.1) is 0 Å². The molecule has 1 aromatic rings. The summed E-state index contributed by atoms with van der Waals surface area (Å²) in [6.45, 7) is 0. The van der Waals surface area contributed by atoms with Crippen molar-refractivity contribution in [3.05, 3.63) is 34.3 Å². The van der Waals surface area contributed by atoms with Crippen molar-refractivity contribution in [2.75, 3.05) is 0 Å². The quantitative estimate of drug-likeness (QED) is 0.769. The minimum absolute atomic E-state index is 0.517. The summed E-state index contributed by atoms with van der Waals surface area (Å²) in [7, 11) is 0. The summed E-state index contributed by atoms with van der Waals surface area (Å²) in [5, 5.41) is 26.8. The van der Waals surface area contributed by atoms with Gasteiger partial charge in [-0.05, 0) is 17.7 Å². The number of aliphatic hydroxyl groups excluding tert-OH is 2. The SMILES string of the molecule is N#CC(O)C(O)c1cccc(Br)c1. The van der Waals surface area contributed by atoms with Crippen LogP contribution in [0.1, 0.15) is 11.7 Å². The first kappa shape index (κ1) is 10.2. The number of aliphatic hydroxyl groups is 2. The molecule has 2 atom stereocenters. The molecule has 0 amide bonds. The fourth-order valence-corrected chi connectivity index (χ4v) is 1.36. The van der Waals surface area contributed by atoms with E-state index in [0.717, 1.165) is 4.47 Å². The molecule has 0 heterocycles. The van der Waals surface area contributed by atoms with Crippen molar-refractivity contribution in [2.45, 2.75) is 12.2 Å². The minimum Gasteiger partial charge on any atom is -0.385 e. The van der Waals surface area contributed by atoms with Gasteiger partial charge in [-0.25, -0.2) is 0 Å². The number of nitrogens with zero attached hydrogens (tertiary/aromatic N) is 1. The fraction of sp³-hybridized carbons (Fsp3) is 0.222. The van der Waals surface area contributed by atoms with Crippen molar-refractivity contribution in [1.82, 2.24) is 0 Å². The third kappa shape index (κ3) is 2.52. The molecule has 68 valence electrons. The van der Waals surface area contributed by atoms with Crippen LogP contribution in [0.5, 0.6) is 0 Å². The van der Waals surface area contributed by atoms with Crippen LogP contribution in [0.4, 0.5) is 0 Å². The Labute approximate surface area is 84.4 Å². The van der Waals surface area contributed by atoms with E-state index in [-0.39, 0.29) is 0 Å². The van der Waals surface area contributed by atoms with Crippen LogP contribution in [-0.4, -0.2) is 16.3 Å². The van der Waals surface area contributed by atoms with Gasteiger partial charge in [-0.3, -0.25) is 0 Å². The Morgan fingerprint density at radius 2 is 2.08 bits per heavy atom. The minimum atomic E-state index is -1.38. The lowest BCUT2D eigenvalue weighted by molar-refractivity contribution is 0.0527. The Hall–Kier alpha value is -0.890. The van der Waals surface area contributed by atoms with Gasteiger partial charge in [0.2, 0.25) is 0 Å². The molecule has 0 bridgehead atoms. The number of hydrogen-bond acceptors (Lipinski definition) is 3. The maximum absolute atomic E-state index is 9.42. The molecule has 0 aromatic heterocycles. The molecule has 2 N–H and O–H groups in total. The second-order valence-corrected chi connectivity index (χ2v) is 3.49. The predicted molar refractivity (Wildman–Crippen MR) is 50.7 cm³/mol. The van der Waals surface area contributed by atoms with Gasteiger partial charge in [0.15, 0.2) is 6.10 Å². The van der Waals surface area contributed by atoms with Gasteiger partial charge in [0.05, 0.1) is 6.07 Å². The van der Waals surface area contributed by atoms with E-state index in [0.29, 0.717) is 5.56 Å². The third-order valence-corrected chi connectivity index (χ3v) is 2.11. The van der Waals surface area contributed by atoms with E-state index in [2.05, 4.69) is 15.9 Å². The number of nitriles is 1. The average Bonchev–Trinajstić information content (AvgIpc) is 2.15. The van der Waals surface area contributed by atoms with Gasteiger partial charge in [-0.2, -0.15) is 5.26 Å². The summed E-state index contributed by atoms with van der Waals surface area (Å²) in [6.07, 6.45) is -2.53. The highest BCUT2D eigenvalue weighted by atomic mass is 79.9. The predicted octanol–water partition coefficient (Wildman–Crippen LogP) is 1.37. The van der Waals surface area contributed by atoms with E-state index in [9.17, 15) is 5.11 Å². The van der Waals surface area contributed by atoms with Crippen LogP contribution in [-0.2, 0) is 0 Å². The van der Waals surface area contributed by atoms with E-state index in [1.807, 2.05) is 0 Å². The molecule has 3 nitrogen and oxygen atoms in total. The van der Waals surface area contributed by atoms with E-state index < -0.39 is 12.2 Å². The zero-order chi connectivity index (χ0) is 9.84. The van der Waals surface area contributed by atoms with Crippen molar-refractivity contribution in [1.29, 1.82) is 5.26 Å². The summed E-state index contributed by atoms with van der Waals surface area (Å²) < 4.78 is 0.800. The van der Waals surface area contributed by atoms with Crippen LogP contribution >= 0.6 is 15.9 Å². The zero-order valence-corrected chi connectivity index (χ0v) is 8.27. The summed E-state index contributed by atoms with van der Waals surface area (Å²) in [5.41, 5.74) is 0.517. The molecule has 2 unspecified atom stereocenters. The van der Waals surface area contributed by atoms with Crippen LogP contribution < -0.4 is 0 Å². The maximum atomic E-state index is 9.42. The molecular weight excluding hydrogens is 234 g/mol. The molecule has 0 spiro atoms. The highest BCUT2D eigenvalue weighted by Gasteiger charge is 2.17. The number of rotatable bonds is 2. The smallest absolute Gasteiger partial charge is 0.170 e. The largest absolute Gasteiger partial charge is 0.385 e. The van der Waals surface area contributed by atoms with Crippen molar-refractivity contribution in [3.63, 3.8) is 0 Å². The monoisotopic (exact) mass is 241 g/mol. The van der Waals surface area contributed by atoms with Crippen molar-refractivity contribution in [3.8, 4) is 6.07 Å². The van der Waals surface area contributed by atoms with E-state index in [4.69, 9.17) is 10.4 Å². The van der Waals surface area contributed by atoms with Crippen molar-refractivity contribution >= 4 is 15.9 Å². The molecule has 0 saturated heterocycles. The van der Waals surface area contributed by atoms with Gasteiger partial charge in [0.25, 0.3) is 0 Å². The zero-order valence-electron chi connectivity index (χ0n) is 6.68. The Morgan fingerprint density at radius 1 is 1.38 bits per heavy atom. The van der Waals surface area contributed by atoms with Crippen LogP contribution in [0.2, 0.25) is 0 Å². The summed E-state index contributed by atoms with van der Waals surface area (Å²) >= 11 is 3.23. The third-order valence-electron chi connectivity index (χ3n) is 1.62. The lowest BCUT2D eigenvalue weighted by Crippen LogP contribution is -2.15. The summed E-state index contributed by atoms with van der Waals surface area (Å²) in [4.78, 5) is 0. The van der Waals surface area contributed by atoms with Crippen LogP contribution in [0, 0.1) is 11.3 Å². The second kappa shape index (κ2) is 4.38. The fourth-order valence-electron chi connectivity index (χ4n) is 0.943. The van der Waals surface area contributed by atoms with Crippen LogP contribution in [0.3, 0.4) is 0 Å². The van der Waals surface area contributed by atoms with Gasteiger partial charge in [0, 0.05) is 4.47 Å². The molecule has 0 aliphatic carbocycles. The number of benzene rings is 1. The number of hydrogen-bond donors (Lipinski definition) is 2. The van der Waals surface area contributed by atoms with Gasteiger partial charge in [-0.1, -0.05) is 28.1 Å². The van der Waals surface area contributed by atoms with Gasteiger partial charge in [0.1, 0.15) is 6.10 Å². The topological polar surface area (TPSA) is 64.2 Å². The summed E-state index contributed by atoms with van der Waals surface area (Å²) in [5.74, 6) is 0. The van der Waals surface area contributed by atoms with E-state index in [1.165, 1.54) is 0 Å².